The van der Waals surface area contributed by atoms with Crippen LogP contribution in [0.3, 0.4) is 0 Å². The second-order valence-electron chi connectivity index (χ2n) is 2.76. The lowest BCUT2D eigenvalue weighted by Gasteiger charge is -1.91. The van der Waals surface area contributed by atoms with E-state index in [1.165, 1.54) is 0 Å². The second-order valence-corrected chi connectivity index (χ2v) is 3.20. The van der Waals surface area contributed by atoms with Crippen molar-refractivity contribution in [1.82, 2.24) is 0 Å². The van der Waals surface area contributed by atoms with E-state index < -0.39 is 0 Å². The molecule has 1 heteroatoms. The minimum absolute atomic E-state index is 0.732. The third-order valence-corrected chi connectivity index (χ3v) is 1.52. The van der Waals surface area contributed by atoms with Crippen LogP contribution in [0, 0.1) is 17.8 Å². The molecule has 0 nitrogen and oxygen atoms in total. The van der Waals surface area contributed by atoms with Crippen molar-refractivity contribution in [1.29, 1.82) is 0 Å². The second kappa shape index (κ2) is 4.18. The molecule has 0 saturated heterocycles. The molecule has 1 radical (unpaired) electrons. The lowest BCUT2D eigenvalue weighted by Crippen LogP contribution is -1.77. The molecule has 0 saturated carbocycles. The summed E-state index contributed by atoms with van der Waals surface area (Å²) in [4.78, 5) is 0. The first-order valence-corrected chi connectivity index (χ1v) is 4.14. The summed E-state index contributed by atoms with van der Waals surface area (Å²) in [7, 11) is 0. The number of rotatable bonds is 0. The maximum atomic E-state index is 5.79. The summed E-state index contributed by atoms with van der Waals surface area (Å²) in [5, 5.41) is 0.732. The van der Waals surface area contributed by atoms with Gasteiger partial charge in [0.25, 0.3) is 0 Å². The van der Waals surface area contributed by atoms with Gasteiger partial charge < -0.3 is 0 Å². The molecule has 1 rings (SSSR count). The van der Waals surface area contributed by atoms with Crippen LogP contribution in [0.4, 0.5) is 0 Å². The third-order valence-electron chi connectivity index (χ3n) is 1.28. The standard InChI is InChI=1S/C11H10Cl/c1-9(2)6-7-10-4-3-5-11(12)8-10/h3-5,8H,1-2H3. The zero-order valence-electron chi connectivity index (χ0n) is 7.19. The number of hydrogen-bond acceptors (Lipinski definition) is 0. The van der Waals surface area contributed by atoms with Gasteiger partial charge in [0.1, 0.15) is 0 Å². The number of halogens is 1. The first kappa shape index (κ1) is 9.16. The highest BCUT2D eigenvalue weighted by atomic mass is 35.5. The van der Waals surface area contributed by atoms with E-state index in [1.54, 1.807) is 0 Å². The summed E-state index contributed by atoms with van der Waals surface area (Å²) in [5.41, 5.74) is 0.962. The Morgan fingerprint density at radius 2 is 2.08 bits per heavy atom. The molecule has 0 atom stereocenters. The summed E-state index contributed by atoms with van der Waals surface area (Å²) in [6.45, 7) is 3.97. The average Bonchev–Trinajstić information content (AvgIpc) is 2.01. The van der Waals surface area contributed by atoms with Crippen LogP contribution >= 0.6 is 11.6 Å². The predicted octanol–water partition coefficient (Wildman–Crippen LogP) is 3.31. The van der Waals surface area contributed by atoms with Gasteiger partial charge in [0.2, 0.25) is 0 Å². The van der Waals surface area contributed by atoms with Crippen molar-refractivity contribution in [3.05, 3.63) is 40.8 Å². The van der Waals surface area contributed by atoms with Gasteiger partial charge in [-0.05, 0) is 32.0 Å². The molecule has 0 heterocycles. The molecule has 0 aliphatic rings. The first-order chi connectivity index (χ1) is 5.68. The predicted molar refractivity (Wildman–Crippen MR) is 52.9 cm³/mol. The lowest BCUT2D eigenvalue weighted by molar-refractivity contribution is 1.25. The van der Waals surface area contributed by atoms with Gasteiger partial charge in [-0.1, -0.05) is 29.5 Å². The highest BCUT2D eigenvalue weighted by Crippen LogP contribution is 2.09. The Bertz CT molecular complexity index is 315. The van der Waals surface area contributed by atoms with Crippen LogP contribution in [0.25, 0.3) is 0 Å². The van der Waals surface area contributed by atoms with Gasteiger partial charge in [-0.15, -0.1) is 0 Å². The molecule has 61 valence electrons. The fourth-order valence-electron chi connectivity index (χ4n) is 0.763. The monoisotopic (exact) mass is 177 g/mol. The van der Waals surface area contributed by atoms with Crippen molar-refractivity contribution in [2.75, 3.05) is 0 Å². The summed E-state index contributed by atoms with van der Waals surface area (Å²) >= 11 is 5.79. The van der Waals surface area contributed by atoms with Crippen molar-refractivity contribution in [3.8, 4) is 11.8 Å². The Morgan fingerprint density at radius 3 is 2.67 bits per heavy atom. The summed E-state index contributed by atoms with van der Waals surface area (Å²) in [6.07, 6.45) is 0. The molecule has 0 amide bonds. The zero-order valence-corrected chi connectivity index (χ0v) is 7.94. The summed E-state index contributed by atoms with van der Waals surface area (Å²) < 4.78 is 0. The highest BCUT2D eigenvalue weighted by Gasteiger charge is 1.88. The average molecular weight is 178 g/mol. The quantitative estimate of drug-likeness (QED) is 0.534. The van der Waals surface area contributed by atoms with Gasteiger partial charge in [0.15, 0.2) is 0 Å². The molecule has 0 aliphatic carbocycles. The van der Waals surface area contributed by atoms with Crippen molar-refractivity contribution in [2.45, 2.75) is 13.8 Å². The molecule has 0 N–H and O–H groups in total. The van der Waals surface area contributed by atoms with E-state index in [0.29, 0.717) is 0 Å². The van der Waals surface area contributed by atoms with Gasteiger partial charge in [0.05, 0.1) is 0 Å². The molecule has 0 aliphatic heterocycles. The van der Waals surface area contributed by atoms with E-state index >= 15 is 0 Å². The van der Waals surface area contributed by atoms with E-state index in [2.05, 4.69) is 11.8 Å². The Kier molecular flexibility index (Phi) is 3.19. The van der Waals surface area contributed by atoms with Crippen LogP contribution < -0.4 is 0 Å². The van der Waals surface area contributed by atoms with E-state index in [1.807, 2.05) is 38.1 Å². The van der Waals surface area contributed by atoms with Gasteiger partial charge in [-0.2, -0.15) is 0 Å². The molecule has 1 aromatic carbocycles. The van der Waals surface area contributed by atoms with Crippen LogP contribution in [0.2, 0.25) is 5.02 Å². The third kappa shape index (κ3) is 2.98. The Hall–Kier alpha value is -0.930. The molecular formula is C11H10Cl. The van der Waals surface area contributed by atoms with Crippen molar-refractivity contribution >= 4 is 11.6 Å². The molecule has 0 fully saturated rings. The van der Waals surface area contributed by atoms with Crippen molar-refractivity contribution in [3.63, 3.8) is 0 Å². The van der Waals surface area contributed by atoms with Crippen LogP contribution in [-0.2, 0) is 0 Å². The Balaban J connectivity index is 2.85. The molecule has 0 unspecified atom stereocenters. The van der Waals surface area contributed by atoms with E-state index in [9.17, 15) is 0 Å². The largest absolute Gasteiger partial charge is 0.0901 e. The first-order valence-electron chi connectivity index (χ1n) is 3.76. The lowest BCUT2D eigenvalue weighted by atomic mass is 10.2. The molecule has 12 heavy (non-hydrogen) atoms. The number of benzene rings is 1. The van der Waals surface area contributed by atoms with E-state index in [4.69, 9.17) is 11.6 Å². The molecule has 0 bridgehead atoms. The fourth-order valence-corrected chi connectivity index (χ4v) is 0.954. The Morgan fingerprint density at radius 1 is 1.33 bits per heavy atom. The van der Waals surface area contributed by atoms with Crippen molar-refractivity contribution < 1.29 is 0 Å². The van der Waals surface area contributed by atoms with Crippen molar-refractivity contribution in [2.24, 2.45) is 0 Å². The molecule has 1 aromatic rings. The van der Waals surface area contributed by atoms with Crippen LogP contribution in [-0.4, -0.2) is 0 Å². The molecule has 0 spiro atoms. The topological polar surface area (TPSA) is 0 Å². The van der Waals surface area contributed by atoms with Crippen LogP contribution in [0.5, 0.6) is 0 Å². The van der Waals surface area contributed by atoms with E-state index in [0.717, 1.165) is 16.5 Å². The van der Waals surface area contributed by atoms with Crippen LogP contribution in [0.1, 0.15) is 19.4 Å². The highest BCUT2D eigenvalue weighted by molar-refractivity contribution is 6.30. The normalized spacial score (nSPS) is 9.33. The summed E-state index contributed by atoms with van der Waals surface area (Å²) in [6, 6.07) is 7.55. The van der Waals surface area contributed by atoms with E-state index in [-0.39, 0.29) is 0 Å². The molecule has 0 aromatic heterocycles. The SMILES string of the molecule is C[C](C)C#Cc1cccc(Cl)c1. The van der Waals surface area contributed by atoms with Crippen LogP contribution in [0.15, 0.2) is 24.3 Å². The smallest absolute Gasteiger partial charge is 0.0422 e. The van der Waals surface area contributed by atoms with Gasteiger partial charge in [0, 0.05) is 16.5 Å². The fraction of sp³-hybridized carbons (Fsp3) is 0.182. The zero-order chi connectivity index (χ0) is 8.97. The molecular weight excluding hydrogens is 168 g/mol. The Labute approximate surface area is 78.6 Å². The van der Waals surface area contributed by atoms with Gasteiger partial charge >= 0.3 is 0 Å². The maximum absolute atomic E-state index is 5.79. The minimum Gasteiger partial charge on any atom is -0.0901 e. The minimum atomic E-state index is 0.732. The maximum Gasteiger partial charge on any atom is 0.0422 e. The van der Waals surface area contributed by atoms with Gasteiger partial charge in [-0.3, -0.25) is 0 Å². The number of hydrogen-bond donors (Lipinski definition) is 0. The van der Waals surface area contributed by atoms with Gasteiger partial charge in [-0.25, -0.2) is 0 Å². The summed E-state index contributed by atoms with van der Waals surface area (Å²) in [5.74, 6) is 7.12.